The zero-order chi connectivity index (χ0) is 11.4. The Morgan fingerprint density at radius 1 is 1.06 bits per heavy atom. The van der Waals surface area contributed by atoms with Crippen LogP contribution in [0.15, 0.2) is 59.5 Å². The Hall–Kier alpha value is -1.83. The van der Waals surface area contributed by atoms with Crippen LogP contribution >= 0.6 is 0 Å². The molecular weight excluding hydrogens is 198 g/mol. The molecule has 0 N–H and O–H groups in total. The molecule has 0 aliphatic rings. The normalized spacial score (nSPS) is 12.3. The summed E-state index contributed by atoms with van der Waals surface area (Å²) in [4.78, 5) is 11.5. The predicted molar refractivity (Wildman–Crippen MR) is 65.6 cm³/mol. The third-order valence-corrected chi connectivity index (χ3v) is 2.74. The van der Waals surface area contributed by atoms with Gasteiger partial charge in [0.2, 0.25) is 0 Å². The standard InChI is InChI=1S/C14H15NO/c1-12(13-7-3-2-4-8-13)11-15-10-6-5-9-14(15)16/h2-10,12H,11H2,1H3. The molecule has 0 amide bonds. The van der Waals surface area contributed by atoms with Crippen LogP contribution in [0.5, 0.6) is 0 Å². The molecule has 0 aliphatic heterocycles. The van der Waals surface area contributed by atoms with Crippen molar-refractivity contribution < 1.29 is 0 Å². The molecule has 0 aliphatic carbocycles. The number of hydrogen-bond donors (Lipinski definition) is 0. The first-order valence-corrected chi connectivity index (χ1v) is 5.48. The molecule has 0 spiro atoms. The Balaban J connectivity index is 2.17. The van der Waals surface area contributed by atoms with Crippen LogP contribution in [0.25, 0.3) is 0 Å². The maximum atomic E-state index is 11.5. The van der Waals surface area contributed by atoms with Gasteiger partial charge in [0.25, 0.3) is 5.56 Å². The molecule has 16 heavy (non-hydrogen) atoms. The highest BCUT2D eigenvalue weighted by Crippen LogP contribution is 2.15. The summed E-state index contributed by atoms with van der Waals surface area (Å²) in [6.45, 7) is 2.86. The molecule has 2 aromatic rings. The van der Waals surface area contributed by atoms with Gasteiger partial charge in [-0.2, -0.15) is 0 Å². The van der Waals surface area contributed by atoms with E-state index < -0.39 is 0 Å². The van der Waals surface area contributed by atoms with Gasteiger partial charge in [-0.1, -0.05) is 43.3 Å². The lowest BCUT2D eigenvalue weighted by Gasteiger charge is -2.13. The first-order valence-electron chi connectivity index (χ1n) is 5.48. The van der Waals surface area contributed by atoms with Crippen molar-refractivity contribution in [3.8, 4) is 0 Å². The Morgan fingerprint density at radius 2 is 1.75 bits per heavy atom. The zero-order valence-electron chi connectivity index (χ0n) is 9.34. The van der Waals surface area contributed by atoms with Crippen molar-refractivity contribution in [1.29, 1.82) is 0 Å². The minimum absolute atomic E-state index is 0.0604. The monoisotopic (exact) mass is 213 g/mol. The van der Waals surface area contributed by atoms with Gasteiger partial charge in [-0.3, -0.25) is 4.79 Å². The molecule has 1 aromatic heterocycles. The van der Waals surface area contributed by atoms with E-state index in [4.69, 9.17) is 0 Å². The summed E-state index contributed by atoms with van der Waals surface area (Å²) in [5.74, 6) is 0.348. The number of pyridine rings is 1. The second-order valence-electron chi connectivity index (χ2n) is 4.00. The Morgan fingerprint density at radius 3 is 2.44 bits per heavy atom. The molecular formula is C14H15NO. The van der Waals surface area contributed by atoms with E-state index in [2.05, 4.69) is 19.1 Å². The van der Waals surface area contributed by atoms with Gasteiger partial charge in [-0.25, -0.2) is 0 Å². The van der Waals surface area contributed by atoms with E-state index in [1.807, 2.05) is 30.5 Å². The van der Waals surface area contributed by atoms with Gasteiger partial charge in [0, 0.05) is 18.8 Å². The number of nitrogens with zero attached hydrogens (tertiary/aromatic N) is 1. The maximum absolute atomic E-state index is 11.5. The molecule has 2 heteroatoms. The SMILES string of the molecule is CC(Cn1ccccc1=O)c1ccccc1. The Labute approximate surface area is 95.2 Å². The van der Waals surface area contributed by atoms with E-state index in [-0.39, 0.29) is 5.56 Å². The highest BCUT2D eigenvalue weighted by molar-refractivity contribution is 5.18. The average Bonchev–Trinajstić information content (AvgIpc) is 2.33. The Bertz CT molecular complexity index is 501. The largest absolute Gasteiger partial charge is 0.315 e. The van der Waals surface area contributed by atoms with E-state index in [1.165, 1.54) is 5.56 Å². The van der Waals surface area contributed by atoms with E-state index >= 15 is 0 Å². The molecule has 2 rings (SSSR count). The molecule has 2 nitrogen and oxygen atoms in total. The van der Waals surface area contributed by atoms with Gasteiger partial charge in [-0.15, -0.1) is 0 Å². The highest BCUT2D eigenvalue weighted by atomic mass is 16.1. The second kappa shape index (κ2) is 4.79. The van der Waals surface area contributed by atoms with Gasteiger partial charge >= 0.3 is 0 Å². The molecule has 0 saturated carbocycles. The van der Waals surface area contributed by atoms with Crippen molar-refractivity contribution in [3.63, 3.8) is 0 Å². The van der Waals surface area contributed by atoms with Crippen molar-refractivity contribution in [1.82, 2.24) is 4.57 Å². The quantitative estimate of drug-likeness (QED) is 0.768. The van der Waals surface area contributed by atoms with Crippen LogP contribution < -0.4 is 5.56 Å². The van der Waals surface area contributed by atoms with Crippen molar-refractivity contribution in [2.24, 2.45) is 0 Å². The minimum Gasteiger partial charge on any atom is -0.315 e. The lowest BCUT2D eigenvalue weighted by Crippen LogP contribution is -2.20. The zero-order valence-corrected chi connectivity index (χ0v) is 9.34. The predicted octanol–water partition coefficient (Wildman–Crippen LogP) is 2.65. The fourth-order valence-electron chi connectivity index (χ4n) is 1.79. The van der Waals surface area contributed by atoms with Gasteiger partial charge in [0.15, 0.2) is 0 Å². The molecule has 0 radical (unpaired) electrons. The summed E-state index contributed by atoms with van der Waals surface area (Å²) in [7, 11) is 0. The molecule has 1 aromatic carbocycles. The number of aromatic nitrogens is 1. The van der Waals surface area contributed by atoms with Gasteiger partial charge in [0.05, 0.1) is 0 Å². The highest BCUT2D eigenvalue weighted by Gasteiger charge is 2.05. The molecule has 0 saturated heterocycles. The van der Waals surface area contributed by atoms with Crippen molar-refractivity contribution in [2.75, 3.05) is 0 Å². The van der Waals surface area contributed by atoms with Crippen molar-refractivity contribution in [2.45, 2.75) is 19.4 Å². The summed E-state index contributed by atoms with van der Waals surface area (Å²) in [6, 6.07) is 15.5. The fourth-order valence-corrected chi connectivity index (χ4v) is 1.79. The van der Waals surface area contributed by atoms with Crippen LogP contribution in [0.4, 0.5) is 0 Å². The summed E-state index contributed by atoms with van der Waals surface area (Å²) >= 11 is 0. The minimum atomic E-state index is 0.0604. The van der Waals surface area contributed by atoms with Crippen LogP contribution in [0.2, 0.25) is 0 Å². The molecule has 0 bridgehead atoms. The van der Waals surface area contributed by atoms with E-state index in [9.17, 15) is 4.79 Å². The van der Waals surface area contributed by atoms with E-state index in [1.54, 1.807) is 16.7 Å². The molecule has 1 heterocycles. The van der Waals surface area contributed by atoms with Crippen LogP contribution in [0, 0.1) is 0 Å². The molecule has 0 fully saturated rings. The van der Waals surface area contributed by atoms with Gasteiger partial charge in [0.1, 0.15) is 0 Å². The first kappa shape index (κ1) is 10.7. The Kier molecular flexibility index (Phi) is 3.20. The lowest BCUT2D eigenvalue weighted by atomic mass is 10.0. The van der Waals surface area contributed by atoms with E-state index in [0.717, 1.165) is 6.54 Å². The summed E-state index contributed by atoms with van der Waals surface area (Å²) in [5, 5.41) is 0. The molecule has 1 atom stereocenters. The lowest BCUT2D eigenvalue weighted by molar-refractivity contribution is 0.580. The third-order valence-electron chi connectivity index (χ3n) is 2.74. The molecule has 82 valence electrons. The summed E-state index contributed by atoms with van der Waals surface area (Å²) < 4.78 is 1.75. The van der Waals surface area contributed by atoms with Crippen LogP contribution in [-0.2, 0) is 6.54 Å². The van der Waals surface area contributed by atoms with Crippen LogP contribution in [0.3, 0.4) is 0 Å². The number of hydrogen-bond acceptors (Lipinski definition) is 1. The second-order valence-corrected chi connectivity index (χ2v) is 4.00. The summed E-state index contributed by atoms with van der Waals surface area (Å²) in [5.41, 5.74) is 1.32. The first-order chi connectivity index (χ1) is 7.77. The topological polar surface area (TPSA) is 22.0 Å². The maximum Gasteiger partial charge on any atom is 0.250 e. The van der Waals surface area contributed by atoms with E-state index in [0.29, 0.717) is 5.92 Å². The summed E-state index contributed by atoms with van der Waals surface area (Å²) in [6.07, 6.45) is 1.84. The number of rotatable bonds is 3. The number of benzene rings is 1. The van der Waals surface area contributed by atoms with Crippen LogP contribution in [0.1, 0.15) is 18.4 Å². The third kappa shape index (κ3) is 2.40. The molecule has 1 unspecified atom stereocenters. The van der Waals surface area contributed by atoms with Gasteiger partial charge < -0.3 is 4.57 Å². The van der Waals surface area contributed by atoms with Crippen molar-refractivity contribution >= 4 is 0 Å². The average molecular weight is 213 g/mol. The van der Waals surface area contributed by atoms with Gasteiger partial charge in [-0.05, 0) is 17.5 Å². The van der Waals surface area contributed by atoms with Crippen molar-refractivity contribution in [3.05, 3.63) is 70.6 Å². The fraction of sp³-hybridized carbons (Fsp3) is 0.214. The smallest absolute Gasteiger partial charge is 0.250 e. The van der Waals surface area contributed by atoms with Crippen LogP contribution in [-0.4, -0.2) is 4.57 Å².